The van der Waals surface area contributed by atoms with E-state index < -0.39 is 26.3 Å². The summed E-state index contributed by atoms with van der Waals surface area (Å²) in [4.78, 5) is 32.1. The van der Waals surface area contributed by atoms with Gasteiger partial charge in [0.05, 0.1) is 14.3 Å². The molecule has 4 rings (SSSR count). The van der Waals surface area contributed by atoms with Gasteiger partial charge in [0.1, 0.15) is 0 Å². The highest BCUT2D eigenvalue weighted by Gasteiger charge is 2.49. The number of hydrogen-bond donors (Lipinski definition) is 0. The van der Waals surface area contributed by atoms with Crippen molar-refractivity contribution < 1.29 is 28.6 Å². The number of carbonyl (C=O) groups excluding carboxylic acids is 3. The summed E-state index contributed by atoms with van der Waals surface area (Å²) in [5.74, 6) is 2.30. The Bertz CT molecular complexity index is 1290. The Morgan fingerprint density at radius 1 is 0.878 bits per heavy atom. The molecule has 0 heterocycles. The summed E-state index contributed by atoms with van der Waals surface area (Å²) in [5.41, 5.74) is 7.06. The summed E-state index contributed by atoms with van der Waals surface area (Å²) >= 11 is 0. The summed E-state index contributed by atoms with van der Waals surface area (Å²) in [5, 5.41) is 0. The Kier molecular flexibility index (Phi) is 16.8. The highest BCUT2D eigenvalue weighted by molar-refractivity contribution is 6.80. The van der Waals surface area contributed by atoms with Crippen LogP contribution in [0, 0.1) is 29.1 Å². The van der Waals surface area contributed by atoms with Crippen LogP contribution in [0.3, 0.4) is 0 Å². The molecule has 4 bridgehead atoms. The number of carbonyl (C=O) groups is 3. The maximum absolute atomic E-state index is 10.7. The predicted molar refractivity (Wildman–Crippen MR) is 204 cm³/mol. The SMILES string of the molecule is C=C/C=C(\C)C(OC(C)=O)OC(C)=O.C=C1[C@@H]2CC[C@@H](C2)[C@@]1(C)C/C=C/C(C)=C/OC(C)=O.CC[Si](CC)(CC)CC1=C(C)[C@H]2CC[C@@H]1C2. The molecule has 0 spiro atoms. The van der Waals surface area contributed by atoms with E-state index >= 15 is 0 Å². The first-order valence-electron chi connectivity index (χ1n) is 18.6. The summed E-state index contributed by atoms with van der Waals surface area (Å²) in [6, 6.07) is 6.03. The highest BCUT2D eigenvalue weighted by atomic mass is 28.3. The van der Waals surface area contributed by atoms with E-state index in [-0.39, 0.29) is 11.4 Å². The van der Waals surface area contributed by atoms with Crippen LogP contribution in [0.25, 0.3) is 0 Å². The minimum atomic E-state index is -0.956. The van der Waals surface area contributed by atoms with Gasteiger partial charge in [-0.3, -0.25) is 14.4 Å². The fourth-order valence-electron chi connectivity index (χ4n) is 8.47. The van der Waals surface area contributed by atoms with Crippen LogP contribution in [0.4, 0.5) is 0 Å². The predicted octanol–water partition coefficient (Wildman–Crippen LogP) is 11.2. The first-order chi connectivity index (χ1) is 23.1. The highest BCUT2D eigenvalue weighted by Crippen LogP contribution is 2.60. The first kappa shape index (κ1) is 42.2. The molecule has 3 saturated carbocycles. The molecule has 7 heteroatoms. The summed E-state index contributed by atoms with van der Waals surface area (Å²) in [6.45, 7) is 27.5. The molecular formula is C42H66O6Si. The number of hydrogen-bond acceptors (Lipinski definition) is 6. The lowest BCUT2D eigenvalue weighted by molar-refractivity contribution is -0.178. The maximum atomic E-state index is 10.7. The third kappa shape index (κ3) is 11.8. The van der Waals surface area contributed by atoms with Crippen LogP contribution in [0.1, 0.15) is 114 Å². The molecule has 4 aliphatic rings. The lowest BCUT2D eigenvalue weighted by Gasteiger charge is -2.35. The standard InChI is InChI=1S/C17H24O2.C15H28Si.C10H14O4/c1-12(11-19-14(3)18)6-5-9-17(4)13(2)15-7-8-16(17)10-15;1-5-16(6-2,7-3)11-15-12(4)13-8-9-14(15)10-13;1-5-6-7(2)10(13-8(3)11)14-9(4)12/h5-6,11,15-16H,2,7-10H2,1,3-4H3;13-14H,5-11H2,1-4H3;5-6,10H,1H2,2-4H3/b6-5+,12-11+;;7-6+/t15-,16+,17+;13-,14+;/m10./s1. The topological polar surface area (TPSA) is 78.9 Å². The van der Waals surface area contributed by atoms with Crippen molar-refractivity contribution in [2.45, 2.75) is 145 Å². The Morgan fingerprint density at radius 2 is 1.45 bits per heavy atom. The van der Waals surface area contributed by atoms with E-state index in [4.69, 9.17) is 14.2 Å². The molecule has 49 heavy (non-hydrogen) atoms. The molecular weight excluding hydrogens is 629 g/mol. The fraction of sp³-hybridized carbons (Fsp3) is 0.643. The van der Waals surface area contributed by atoms with Crippen molar-refractivity contribution in [2.75, 3.05) is 0 Å². The molecule has 0 aromatic carbocycles. The number of allylic oxidation sites excluding steroid dienone is 8. The lowest BCUT2D eigenvalue weighted by Crippen LogP contribution is -2.32. The molecule has 0 amide bonds. The zero-order valence-corrected chi connectivity index (χ0v) is 33.4. The monoisotopic (exact) mass is 694 g/mol. The zero-order chi connectivity index (χ0) is 36.9. The summed E-state index contributed by atoms with van der Waals surface area (Å²) < 4.78 is 14.4. The van der Waals surface area contributed by atoms with Crippen LogP contribution in [0.2, 0.25) is 24.2 Å². The molecule has 6 nitrogen and oxygen atoms in total. The van der Waals surface area contributed by atoms with Gasteiger partial charge in [-0.1, -0.05) is 100 Å². The van der Waals surface area contributed by atoms with Crippen LogP contribution in [0.5, 0.6) is 0 Å². The smallest absolute Gasteiger partial charge is 0.307 e. The maximum Gasteiger partial charge on any atom is 0.307 e. The van der Waals surface area contributed by atoms with Crippen LogP contribution < -0.4 is 0 Å². The lowest BCUT2D eigenvalue weighted by atomic mass is 9.69. The van der Waals surface area contributed by atoms with Crippen LogP contribution in [-0.4, -0.2) is 32.3 Å². The quantitative estimate of drug-likeness (QED) is 0.0477. The average molecular weight is 695 g/mol. The molecule has 0 N–H and O–H groups in total. The van der Waals surface area contributed by atoms with Gasteiger partial charge in [0.25, 0.3) is 6.29 Å². The zero-order valence-electron chi connectivity index (χ0n) is 32.4. The fourth-order valence-corrected chi connectivity index (χ4v) is 12.1. The van der Waals surface area contributed by atoms with E-state index in [1.54, 1.807) is 19.0 Å². The van der Waals surface area contributed by atoms with Crippen molar-refractivity contribution in [3.05, 3.63) is 71.6 Å². The molecule has 0 radical (unpaired) electrons. The van der Waals surface area contributed by atoms with Gasteiger partial charge in [0, 0.05) is 26.3 Å². The molecule has 0 aromatic rings. The van der Waals surface area contributed by atoms with Gasteiger partial charge in [-0.05, 0) is 106 Å². The second-order valence-electron chi connectivity index (χ2n) is 15.1. The van der Waals surface area contributed by atoms with E-state index in [9.17, 15) is 14.4 Å². The van der Waals surface area contributed by atoms with E-state index in [0.717, 1.165) is 35.7 Å². The Labute approximate surface area is 299 Å². The Morgan fingerprint density at radius 3 is 1.90 bits per heavy atom. The Balaban J connectivity index is 0.000000259. The molecule has 5 atom stereocenters. The summed E-state index contributed by atoms with van der Waals surface area (Å²) in [6.07, 6.45) is 17.5. The largest absolute Gasteiger partial charge is 0.434 e. The van der Waals surface area contributed by atoms with Crippen molar-refractivity contribution in [3.8, 4) is 0 Å². The first-order valence-corrected chi connectivity index (χ1v) is 21.4. The van der Waals surface area contributed by atoms with Crippen molar-refractivity contribution in [1.29, 1.82) is 0 Å². The van der Waals surface area contributed by atoms with Crippen molar-refractivity contribution in [2.24, 2.45) is 29.1 Å². The van der Waals surface area contributed by atoms with Crippen molar-refractivity contribution in [1.82, 2.24) is 0 Å². The van der Waals surface area contributed by atoms with Crippen molar-refractivity contribution >= 4 is 26.0 Å². The minimum absolute atomic E-state index is 0.277. The second kappa shape index (κ2) is 19.5. The van der Waals surface area contributed by atoms with Gasteiger partial charge in [0.2, 0.25) is 0 Å². The third-order valence-corrected chi connectivity index (χ3v) is 17.7. The van der Waals surface area contributed by atoms with E-state index in [1.165, 1.54) is 95.3 Å². The van der Waals surface area contributed by atoms with Gasteiger partial charge >= 0.3 is 17.9 Å². The van der Waals surface area contributed by atoms with Crippen molar-refractivity contribution in [3.63, 3.8) is 0 Å². The van der Waals surface area contributed by atoms with Gasteiger partial charge < -0.3 is 14.2 Å². The molecule has 0 aliphatic heterocycles. The van der Waals surface area contributed by atoms with Gasteiger partial charge in [-0.2, -0.15) is 0 Å². The molecule has 0 aromatic heterocycles. The van der Waals surface area contributed by atoms with E-state index in [2.05, 4.69) is 53.9 Å². The van der Waals surface area contributed by atoms with Crippen LogP contribution in [-0.2, 0) is 28.6 Å². The van der Waals surface area contributed by atoms with Gasteiger partial charge in [0.15, 0.2) is 0 Å². The van der Waals surface area contributed by atoms with E-state index in [1.807, 2.05) is 24.1 Å². The molecule has 0 unspecified atom stereocenters. The molecule has 0 saturated heterocycles. The molecule has 4 aliphatic carbocycles. The number of rotatable bonds is 13. The number of fused-ring (bicyclic) bond motifs is 4. The Hall–Kier alpha value is -2.93. The van der Waals surface area contributed by atoms with Crippen LogP contribution >= 0.6 is 0 Å². The number of esters is 3. The molecule has 274 valence electrons. The summed E-state index contributed by atoms with van der Waals surface area (Å²) in [7, 11) is -0.920. The number of ether oxygens (including phenoxy) is 3. The molecule has 3 fully saturated rings. The average Bonchev–Trinajstić information content (AvgIpc) is 3.84. The van der Waals surface area contributed by atoms with Gasteiger partial charge in [-0.25, -0.2) is 0 Å². The van der Waals surface area contributed by atoms with Gasteiger partial charge in [-0.15, -0.1) is 0 Å². The minimum Gasteiger partial charge on any atom is -0.434 e. The normalized spacial score (nSPS) is 26.0. The van der Waals surface area contributed by atoms with Crippen LogP contribution in [0.15, 0.2) is 71.6 Å². The third-order valence-electron chi connectivity index (χ3n) is 12.1. The van der Waals surface area contributed by atoms with E-state index in [0.29, 0.717) is 5.57 Å². The second-order valence-corrected chi connectivity index (χ2v) is 20.6.